The lowest BCUT2D eigenvalue weighted by Gasteiger charge is -2.03. The number of hydrogen-bond donors (Lipinski definition) is 0. The summed E-state index contributed by atoms with van der Waals surface area (Å²) in [5, 5.41) is 3.98. The molecule has 4 heteroatoms. The minimum absolute atomic E-state index is 0.130. The van der Waals surface area contributed by atoms with E-state index in [9.17, 15) is 4.79 Å². The van der Waals surface area contributed by atoms with Crippen molar-refractivity contribution in [2.45, 2.75) is 26.3 Å². The maximum absolute atomic E-state index is 10.9. The summed E-state index contributed by atoms with van der Waals surface area (Å²) in [7, 11) is 0. The fourth-order valence-corrected chi connectivity index (χ4v) is 0.962. The molecule has 0 radical (unpaired) electrons. The Hall–Kier alpha value is -1.32. The Balaban J connectivity index is 2.11. The summed E-state index contributed by atoms with van der Waals surface area (Å²) in [5.41, 5.74) is 0. The molecule has 13 heavy (non-hydrogen) atoms. The molecule has 0 aliphatic rings. The third-order valence-electron chi connectivity index (χ3n) is 1.60. The molecule has 0 saturated carbocycles. The summed E-state index contributed by atoms with van der Waals surface area (Å²) in [4.78, 5) is 10.9. The average molecular weight is 182 g/mol. The molecule has 0 atom stereocenters. The number of nitrogens with zero attached hydrogens (tertiary/aromatic N) is 2. The van der Waals surface area contributed by atoms with Gasteiger partial charge < -0.3 is 4.74 Å². The van der Waals surface area contributed by atoms with Crippen molar-refractivity contribution >= 4 is 5.97 Å². The van der Waals surface area contributed by atoms with Crippen LogP contribution in [0.3, 0.4) is 0 Å². The molecule has 0 unspecified atom stereocenters. The Bertz CT molecular complexity index is 244. The van der Waals surface area contributed by atoms with Gasteiger partial charge in [0.25, 0.3) is 0 Å². The van der Waals surface area contributed by atoms with E-state index in [-0.39, 0.29) is 5.97 Å². The van der Waals surface area contributed by atoms with E-state index in [1.54, 1.807) is 10.9 Å². The van der Waals surface area contributed by atoms with E-state index in [2.05, 4.69) is 5.10 Å². The zero-order chi connectivity index (χ0) is 9.52. The number of ether oxygens (including phenoxy) is 1. The smallest absolute Gasteiger partial charge is 0.305 e. The predicted molar refractivity (Wildman–Crippen MR) is 48.1 cm³/mol. The molecule has 1 heterocycles. The largest absolute Gasteiger partial charge is 0.464 e. The van der Waals surface area contributed by atoms with Crippen molar-refractivity contribution in [3.8, 4) is 0 Å². The van der Waals surface area contributed by atoms with Crippen LogP contribution >= 0.6 is 0 Å². The van der Waals surface area contributed by atoms with Crippen LogP contribution in [0.15, 0.2) is 18.5 Å². The third kappa shape index (κ3) is 3.73. The molecule has 1 aromatic rings. The first-order chi connectivity index (χ1) is 6.33. The molecular weight excluding hydrogens is 168 g/mol. The van der Waals surface area contributed by atoms with Crippen LogP contribution in [0.2, 0.25) is 0 Å². The molecular formula is C9H14N2O2. The zero-order valence-electron chi connectivity index (χ0n) is 7.77. The molecule has 1 aromatic heterocycles. The van der Waals surface area contributed by atoms with Gasteiger partial charge in [-0.2, -0.15) is 5.10 Å². The summed E-state index contributed by atoms with van der Waals surface area (Å²) in [6, 6.07) is 1.84. The van der Waals surface area contributed by atoms with E-state index in [0.717, 1.165) is 6.42 Å². The molecule has 4 nitrogen and oxygen atoms in total. The van der Waals surface area contributed by atoms with Gasteiger partial charge in [0.05, 0.1) is 6.54 Å². The second-order valence-corrected chi connectivity index (χ2v) is 2.74. The Morgan fingerprint density at radius 1 is 1.62 bits per heavy atom. The van der Waals surface area contributed by atoms with E-state index >= 15 is 0 Å². The summed E-state index contributed by atoms with van der Waals surface area (Å²) in [5.74, 6) is -0.130. The van der Waals surface area contributed by atoms with Crippen molar-refractivity contribution in [3.05, 3.63) is 18.5 Å². The van der Waals surface area contributed by atoms with Crippen LogP contribution in [0.4, 0.5) is 0 Å². The molecule has 0 amide bonds. The van der Waals surface area contributed by atoms with Gasteiger partial charge in [0.15, 0.2) is 0 Å². The maximum atomic E-state index is 10.9. The van der Waals surface area contributed by atoms with Gasteiger partial charge in [0, 0.05) is 18.8 Å². The minimum atomic E-state index is -0.130. The highest BCUT2D eigenvalue weighted by molar-refractivity contribution is 5.69. The molecule has 0 bridgehead atoms. The topological polar surface area (TPSA) is 44.1 Å². The van der Waals surface area contributed by atoms with Crippen LogP contribution in [0, 0.1) is 0 Å². The summed E-state index contributed by atoms with van der Waals surface area (Å²) in [6.45, 7) is 2.98. The van der Waals surface area contributed by atoms with Gasteiger partial charge in [-0.1, -0.05) is 6.92 Å². The number of hydrogen-bond acceptors (Lipinski definition) is 3. The van der Waals surface area contributed by atoms with Crippen molar-refractivity contribution in [2.75, 3.05) is 6.61 Å². The number of rotatable bonds is 5. The lowest BCUT2D eigenvalue weighted by molar-refractivity contribution is -0.144. The van der Waals surface area contributed by atoms with Gasteiger partial charge in [-0.3, -0.25) is 9.48 Å². The summed E-state index contributed by atoms with van der Waals surface area (Å²) in [6.07, 6.45) is 4.88. The van der Waals surface area contributed by atoms with Crippen LogP contribution in [-0.4, -0.2) is 22.4 Å². The van der Waals surface area contributed by atoms with Crippen LogP contribution < -0.4 is 0 Å². The molecule has 0 N–H and O–H groups in total. The first kappa shape index (κ1) is 9.77. The Labute approximate surface area is 77.5 Å². The van der Waals surface area contributed by atoms with Gasteiger partial charge in [-0.15, -0.1) is 0 Å². The van der Waals surface area contributed by atoms with E-state index in [1.807, 2.05) is 19.2 Å². The highest BCUT2D eigenvalue weighted by Crippen LogP contribution is 1.92. The van der Waals surface area contributed by atoms with Crippen molar-refractivity contribution in [1.82, 2.24) is 9.78 Å². The molecule has 0 saturated heterocycles. The quantitative estimate of drug-likeness (QED) is 0.643. The van der Waals surface area contributed by atoms with Crippen molar-refractivity contribution in [1.29, 1.82) is 0 Å². The van der Waals surface area contributed by atoms with Gasteiger partial charge >= 0.3 is 5.97 Å². The van der Waals surface area contributed by atoms with Crippen LogP contribution in [-0.2, 0) is 16.1 Å². The average Bonchev–Trinajstić information content (AvgIpc) is 2.57. The number of esters is 1. The fourth-order valence-electron chi connectivity index (χ4n) is 0.962. The highest BCUT2D eigenvalue weighted by Gasteiger charge is 1.99. The SMILES string of the molecule is CCCC(=O)OCCn1cccn1. The molecule has 0 aliphatic heterocycles. The standard InChI is InChI=1S/C9H14N2O2/c1-2-4-9(12)13-8-7-11-6-3-5-10-11/h3,5-6H,2,4,7-8H2,1H3. The highest BCUT2D eigenvalue weighted by atomic mass is 16.5. The van der Waals surface area contributed by atoms with Gasteiger partial charge in [-0.25, -0.2) is 0 Å². The van der Waals surface area contributed by atoms with E-state index in [4.69, 9.17) is 4.74 Å². The molecule has 0 fully saturated rings. The van der Waals surface area contributed by atoms with Gasteiger partial charge in [0.1, 0.15) is 6.61 Å². The molecule has 0 aromatic carbocycles. The van der Waals surface area contributed by atoms with E-state index in [1.165, 1.54) is 0 Å². The number of carbonyl (C=O) groups is 1. The summed E-state index contributed by atoms with van der Waals surface area (Å²) < 4.78 is 6.69. The first-order valence-electron chi connectivity index (χ1n) is 4.46. The van der Waals surface area contributed by atoms with Crippen LogP contribution in [0.25, 0.3) is 0 Å². The van der Waals surface area contributed by atoms with Crippen LogP contribution in [0.1, 0.15) is 19.8 Å². The Morgan fingerprint density at radius 3 is 3.08 bits per heavy atom. The second-order valence-electron chi connectivity index (χ2n) is 2.74. The van der Waals surface area contributed by atoms with Gasteiger partial charge in [0.2, 0.25) is 0 Å². The Morgan fingerprint density at radius 2 is 2.46 bits per heavy atom. The first-order valence-corrected chi connectivity index (χ1v) is 4.46. The van der Waals surface area contributed by atoms with E-state index in [0.29, 0.717) is 19.6 Å². The Kier molecular flexibility index (Phi) is 4.02. The molecule has 0 spiro atoms. The molecule has 0 aliphatic carbocycles. The zero-order valence-corrected chi connectivity index (χ0v) is 7.77. The van der Waals surface area contributed by atoms with Crippen LogP contribution in [0.5, 0.6) is 0 Å². The molecule has 1 rings (SSSR count). The normalized spacial score (nSPS) is 9.92. The monoisotopic (exact) mass is 182 g/mol. The van der Waals surface area contributed by atoms with Crippen molar-refractivity contribution in [2.24, 2.45) is 0 Å². The second kappa shape index (κ2) is 5.35. The lowest BCUT2D eigenvalue weighted by Crippen LogP contribution is -2.11. The number of aromatic nitrogens is 2. The predicted octanol–water partition coefficient (Wildman–Crippen LogP) is 1.23. The maximum Gasteiger partial charge on any atom is 0.305 e. The minimum Gasteiger partial charge on any atom is -0.464 e. The van der Waals surface area contributed by atoms with E-state index < -0.39 is 0 Å². The van der Waals surface area contributed by atoms with Crippen molar-refractivity contribution < 1.29 is 9.53 Å². The lowest BCUT2D eigenvalue weighted by atomic mass is 10.3. The van der Waals surface area contributed by atoms with Gasteiger partial charge in [-0.05, 0) is 12.5 Å². The number of carbonyl (C=O) groups excluding carboxylic acids is 1. The third-order valence-corrected chi connectivity index (χ3v) is 1.60. The summed E-state index contributed by atoms with van der Waals surface area (Å²) >= 11 is 0. The molecule has 72 valence electrons. The van der Waals surface area contributed by atoms with Crippen molar-refractivity contribution in [3.63, 3.8) is 0 Å². The fraction of sp³-hybridized carbons (Fsp3) is 0.556.